The van der Waals surface area contributed by atoms with E-state index >= 15 is 0 Å². The van der Waals surface area contributed by atoms with Crippen LogP contribution in [0.1, 0.15) is 16.7 Å². The molecule has 0 aromatic heterocycles. The summed E-state index contributed by atoms with van der Waals surface area (Å²) >= 11 is 0.950. The minimum Gasteiger partial charge on any atom is -0.497 e. The summed E-state index contributed by atoms with van der Waals surface area (Å²) in [6.07, 6.45) is 1.71. The zero-order valence-electron chi connectivity index (χ0n) is 14.9. The Hall–Kier alpha value is -2.73. The molecule has 1 heterocycles. The summed E-state index contributed by atoms with van der Waals surface area (Å²) in [5, 5.41) is 2.91. The van der Waals surface area contributed by atoms with Crippen LogP contribution in [0.4, 0.5) is 10.5 Å². The van der Waals surface area contributed by atoms with E-state index in [0.29, 0.717) is 10.7 Å². The van der Waals surface area contributed by atoms with E-state index in [1.807, 2.05) is 56.3 Å². The summed E-state index contributed by atoms with van der Waals surface area (Å²) in [7, 11) is 1.59. The molecule has 0 atom stereocenters. The fourth-order valence-electron chi connectivity index (χ4n) is 2.63. The Morgan fingerprint density at radius 3 is 2.69 bits per heavy atom. The highest BCUT2D eigenvalue weighted by atomic mass is 32.2. The number of carbonyl (C=O) groups is 2. The number of anilines is 1. The van der Waals surface area contributed by atoms with Gasteiger partial charge in [0.1, 0.15) is 5.75 Å². The number of thioether (sulfide) groups is 1. The number of rotatable bonds is 5. The third kappa shape index (κ3) is 3.75. The van der Waals surface area contributed by atoms with Crippen molar-refractivity contribution in [3.05, 3.63) is 64.1 Å². The minimum atomic E-state index is -0.291. The number of aryl methyl sites for hydroxylation is 1. The molecule has 2 amide bonds. The number of hydrogen-bond acceptors (Lipinski definition) is 5. The number of methoxy groups -OCH3 is 1. The van der Waals surface area contributed by atoms with Gasteiger partial charge in [0.25, 0.3) is 11.1 Å². The van der Waals surface area contributed by atoms with Gasteiger partial charge in [-0.15, -0.1) is 0 Å². The van der Waals surface area contributed by atoms with Crippen LogP contribution in [0.3, 0.4) is 0 Å². The van der Waals surface area contributed by atoms with Crippen molar-refractivity contribution in [2.75, 3.05) is 19.1 Å². The van der Waals surface area contributed by atoms with Crippen LogP contribution in [-0.4, -0.2) is 29.8 Å². The van der Waals surface area contributed by atoms with E-state index in [1.165, 1.54) is 4.90 Å². The second-order valence-electron chi connectivity index (χ2n) is 5.97. The molecule has 3 rings (SSSR count). The van der Waals surface area contributed by atoms with Gasteiger partial charge < -0.3 is 10.1 Å². The SMILES string of the molecule is COc1cccc(/C=C2/SC(=O)N(CNc3cccc(C)c3C)C2=O)c1. The molecule has 134 valence electrons. The monoisotopic (exact) mass is 368 g/mol. The summed E-state index contributed by atoms with van der Waals surface area (Å²) in [5.41, 5.74) is 3.99. The van der Waals surface area contributed by atoms with Crippen LogP contribution >= 0.6 is 11.8 Å². The molecule has 0 aliphatic carbocycles. The van der Waals surface area contributed by atoms with Crippen molar-refractivity contribution in [1.29, 1.82) is 0 Å². The van der Waals surface area contributed by atoms with Gasteiger partial charge in [0, 0.05) is 5.69 Å². The van der Waals surface area contributed by atoms with Gasteiger partial charge in [0.05, 0.1) is 18.7 Å². The highest BCUT2D eigenvalue weighted by Gasteiger charge is 2.34. The second kappa shape index (κ2) is 7.66. The lowest BCUT2D eigenvalue weighted by molar-refractivity contribution is -0.122. The molecule has 0 spiro atoms. The van der Waals surface area contributed by atoms with Gasteiger partial charge in [0.2, 0.25) is 0 Å². The first-order valence-corrected chi connectivity index (χ1v) is 9.01. The quantitative estimate of drug-likeness (QED) is 0.792. The van der Waals surface area contributed by atoms with E-state index in [-0.39, 0.29) is 17.8 Å². The molecule has 1 aliphatic rings. The van der Waals surface area contributed by atoms with E-state index in [9.17, 15) is 9.59 Å². The molecule has 1 N–H and O–H groups in total. The van der Waals surface area contributed by atoms with Crippen molar-refractivity contribution in [2.45, 2.75) is 13.8 Å². The molecule has 0 saturated carbocycles. The van der Waals surface area contributed by atoms with E-state index in [2.05, 4.69) is 5.32 Å². The Kier molecular flexibility index (Phi) is 5.32. The topological polar surface area (TPSA) is 58.6 Å². The molecular weight excluding hydrogens is 348 g/mol. The van der Waals surface area contributed by atoms with Crippen LogP contribution in [0.15, 0.2) is 47.4 Å². The Labute approximate surface area is 157 Å². The highest BCUT2D eigenvalue weighted by Crippen LogP contribution is 2.32. The van der Waals surface area contributed by atoms with Gasteiger partial charge >= 0.3 is 0 Å². The smallest absolute Gasteiger partial charge is 0.295 e. The number of imide groups is 1. The number of ether oxygens (including phenoxy) is 1. The number of amides is 2. The van der Waals surface area contributed by atoms with Crippen LogP contribution in [0.5, 0.6) is 5.75 Å². The van der Waals surface area contributed by atoms with E-state index in [0.717, 1.165) is 34.1 Å². The maximum absolute atomic E-state index is 12.6. The largest absolute Gasteiger partial charge is 0.497 e. The van der Waals surface area contributed by atoms with E-state index < -0.39 is 0 Å². The number of carbonyl (C=O) groups excluding carboxylic acids is 2. The second-order valence-corrected chi connectivity index (χ2v) is 6.96. The Balaban J connectivity index is 1.74. The first-order chi connectivity index (χ1) is 12.5. The molecule has 1 fully saturated rings. The van der Waals surface area contributed by atoms with Crippen molar-refractivity contribution >= 4 is 34.7 Å². The van der Waals surface area contributed by atoms with Gasteiger partial charge in [0.15, 0.2) is 0 Å². The number of nitrogens with one attached hydrogen (secondary N) is 1. The normalized spacial score (nSPS) is 15.7. The third-order valence-electron chi connectivity index (χ3n) is 4.30. The van der Waals surface area contributed by atoms with Gasteiger partial charge in [-0.3, -0.25) is 14.5 Å². The van der Waals surface area contributed by atoms with Gasteiger partial charge in [-0.25, -0.2) is 0 Å². The lowest BCUT2D eigenvalue weighted by Gasteiger charge is -2.16. The fourth-order valence-corrected chi connectivity index (χ4v) is 3.46. The summed E-state index contributed by atoms with van der Waals surface area (Å²) < 4.78 is 5.19. The van der Waals surface area contributed by atoms with Crippen LogP contribution in [-0.2, 0) is 4.79 Å². The molecule has 2 aromatic carbocycles. The average molecular weight is 368 g/mol. The molecule has 1 aliphatic heterocycles. The van der Waals surface area contributed by atoms with E-state index in [4.69, 9.17) is 4.74 Å². The molecule has 5 nitrogen and oxygen atoms in total. The third-order valence-corrected chi connectivity index (χ3v) is 5.20. The predicted octanol–water partition coefficient (Wildman–Crippen LogP) is 4.42. The first kappa shape index (κ1) is 18.1. The maximum atomic E-state index is 12.6. The fraction of sp³-hybridized carbons (Fsp3) is 0.200. The molecular formula is C20H20N2O3S. The van der Waals surface area contributed by atoms with Gasteiger partial charge in [-0.05, 0) is 66.6 Å². The maximum Gasteiger partial charge on any atom is 0.295 e. The van der Waals surface area contributed by atoms with Crippen molar-refractivity contribution in [3.63, 3.8) is 0 Å². The van der Waals surface area contributed by atoms with Crippen molar-refractivity contribution in [1.82, 2.24) is 4.90 Å². The van der Waals surface area contributed by atoms with E-state index in [1.54, 1.807) is 13.2 Å². The summed E-state index contributed by atoms with van der Waals surface area (Å²) in [6.45, 7) is 4.18. The Bertz CT molecular complexity index is 892. The Morgan fingerprint density at radius 2 is 1.92 bits per heavy atom. The van der Waals surface area contributed by atoms with Crippen molar-refractivity contribution in [3.8, 4) is 5.75 Å². The van der Waals surface area contributed by atoms with Gasteiger partial charge in [-0.2, -0.15) is 0 Å². The Morgan fingerprint density at radius 1 is 1.15 bits per heavy atom. The van der Waals surface area contributed by atoms with Crippen LogP contribution in [0.25, 0.3) is 6.08 Å². The number of benzene rings is 2. The van der Waals surface area contributed by atoms with Crippen molar-refractivity contribution < 1.29 is 14.3 Å². The van der Waals surface area contributed by atoms with Crippen molar-refractivity contribution in [2.24, 2.45) is 0 Å². The molecule has 2 aromatic rings. The number of hydrogen-bond donors (Lipinski definition) is 1. The standard InChI is InChI=1S/C20H20N2O3S/c1-13-6-4-9-17(14(13)2)21-12-22-19(23)18(26-20(22)24)11-15-7-5-8-16(10-15)25-3/h4-11,21H,12H2,1-3H3/b18-11+. The molecule has 0 bridgehead atoms. The molecule has 0 unspecified atom stereocenters. The van der Waals surface area contributed by atoms with Gasteiger partial charge in [-0.1, -0.05) is 24.3 Å². The lowest BCUT2D eigenvalue weighted by Crippen LogP contribution is -2.33. The van der Waals surface area contributed by atoms with Crippen LogP contribution in [0, 0.1) is 13.8 Å². The summed E-state index contributed by atoms with van der Waals surface area (Å²) in [6, 6.07) is 13.3. The molecule has 26 heavy (non-hydrogen) atoms. The van der Waals surface area contributed by atoms with Crippen LogP contribution < -0.4 is 10.1 Å². The zero-order valence-corrected chi connectivity index (χ0v) is 15.7. The zero-order chi connectivity index (χ0) is 18.7. The summed E-state index contributed by atoms with van der Waals surface area (Å²) in [4.78, 5) is 26.5. The minimum absolute atomic E-state index is 0.143. The first-order valence-electron chi connectivity index (χ1n) is 8.19. The summed E-state index contributed by atoms with van der Waals surface area (Å²) in [5.74, 6) is 0.412. The number of nitrogens with zero attached hydrogens (tertiary/aromatic N) is 1. The predicted molar refractivity (Wildman–Crippen MR) is 105 cm³/mol. The lowest BCUT2D eigenvalue weighted by atomic mass is 10.1. The average Bonchev–Trinajstić information content (AvgIpc) is 2.90. The molecule has 0 radical (unpaired) electrons. The van der Waals surface area contributed by atoms with Crippen LogP contribution in [0.2, 0.25) is 0 Å². The molecule has 6 heteroatoms. The highest BCUT2D eigenvalue weighted by molar-refractivity contribution is 8.18. The molecule has 1 saturated heterocycles.